The second-order valence-corrected chi connectivity index (χ2v) is 8.10. The third kappa shape index (κ3) is 3.67. The average molecular weight is 210 g/mol. The molecule has 0 aliphatic carbocycles. The highest BCUT2D eigenvalue weighted by Crippen LogP contribution is 2.40. The van der Waals surface area contributed by atoms with Crippen molar-refractivity contribution in [2.24, 2.45) is 0 Å². The van der Waals surface area contributed by atoms with Gasteiger partial charge in [0.05, 0.1) is 7.14 Å². The average Bonchev–Trinajstić information content (AvgIpc) is 2.01. The van der Waals surface area contributed by atoms with Gasteiger partial charge in [0.1, 0.15) is 0 Å². The molecular formula is C12H19OP. The first kappa shape index (κ1) is 11.5. The summed E-state index contributed by atoms with van der Waals surface area (Å²) in [5.41, 5.74) is 2.53. The number of hydrogen-bond donors (Lipinski definition) is 0. The molecule has 1 rings (SSSR count). The second-order valence-electron chi connectivity index (χ2n) is 4.63. The van der Waals surface area contributed by atoms with Crippen molar-refractivity contribution in [1.82, 2.24) is 0 Å². The Bertz CT molecular complexity index is 349. The fourth-order valence-corrected chi connectivity index (χ4v) is 2.57. The van der Waals surface area contributed by atoms with E-state index in [1.54, 1.807) is 0 Å². The predicted octanol–water partition coefficient (Wildman–Crippen LogP) is 3.93. The Balaban J connectivity index is 2.89. The van der Waals surface area contributed by atoms with Gasteiger partial charge in [0.15, 0.2) is 0 Å². The van der Waals surface area contributed by atoms with Crippen LogP contribution in [-0.2, 0) is 10.7 Å². The summed E-state index contributed by atoms with van der Waals surface area (Å²) in [7, 11) is -1.94. The molecule has 0 unspecified atom stereocenters. The molecule has 0 saturated heterocycles. The lowest BCUT2D eigenvalue weighted by Gasteiger charge is -2.10. The van der Waals surface area contributed by atoms with E-state index in [0.717, 1.165) is 0 Å². The van der Waals surface area contributed by atoms with Crippen LogP contribution in [0.4, 0.5) is 0 Å². The molecule has 0 N–H and O–H groups in total. The maximum Gasteiger partial charge on any atom is 0.0861 e. The molecule has 0 saturated carbocycles. The maximum absolute atomic E-state index is 11.7. The largest absolute Gasteiger partial charge is 0.324 e. The summed E-state index contributed by atoms with van der Waals surface area (Å²) in [6.07, 6.45) is 0.716. The van der Waals surface area contributed by atoms with Crippen molar-refractivity contribution in [1.29, 1.82) is 0 Å². The molecule has 14 heavy (non-hydrogen) atoms. The van der Waals surface area contributed by atoms with Crippen LogP contribution in [0.15, 0.2) is 24.3 Å². The number of benzene rings is 1. The summed E-state index contributed by atoms with van der Waals surface area (Å²) in [6, 6.07) is 8.42. The molecule has 0 amide bonds. The first-order valence-corrected chi connectivity index (χ1v) is 7.80. The summed E-state index contributed by atoms with van der Waals surface area (Å²) < 4.78 is 11.7. The van der Waals surface area contributed by atoms with Crippen LogP contribution in [0.5, 0.6) is 0 Å². The molecule has 0 bridgehead atoms. The van der Waals surface area contributed by atoms with E-state index in [-0.39, 0.29) is 0 Å². The van der Waals surface area contributed by atoms with Crippen molar-refractivity contribution in [2.45, 2.75) is 25.9 Å². The normalized spacial score (nSPS) is 12.1. The Morgan fingerprint density at radius 2 is 1.93 bits per heavy atom. The Morgan fingerprint density at radius 1 is 1.29 bits per heavy atom. The standard InChI is InChI=1S/C12H19OP/c1-10(2)12-7-5-6-11(8-12)9-14(3,4)13/h5-8,10H,9H2,1-4H3. The summed E-state index contributed by atoms with van der Waals surface area (Å²) in [4.78, 5) is 0. The van der Waals surface area contributed by atoms with Crippen LogP contribution in [0.2, 0.25) is 0 Å². The van der Waals surface area contributed by atoms with E-state index >= 15 is 0 Å². The van der Waals surface area contributed by atoms with Gasteiger partial charge in [-0.2, -0.15) is 0 Å². The summed E-state index contributed by atoms with van der Waals surface area (Å²) in [5.74, 6) is 0.544. The van der Waals surface area contributed by atoms with Crippen molar-refractivity contribution in [3.63, 3.8) is 0 Å². The van der Waals surface area contributed by atoms with Crippen LogP contribution < -0.4 is 0 Å². The minimum absolute atomic E-state index is 0.544. The van der Waals surface area contributed by atoms with Gasteiger partial charge in [-0.25, -0.2) is 0 Å². The van der Waals surface area contributed by atoms with E-state index < -0.39 is 7.14 Å². The molecule has 1 nitrogen and oxygen atoms in total. The zero-order chi connectivity index (χ0) is 10.8. The molecule has 0 aliphatic rings. The Hall–Kier alpha value is -0.550. The van der Waals surface area contributed by atoms with Gasteiger partial charge in [0.25, 0.3) is 0 Å². The van der Waals surface area contributed by atoms with Crippen molar-refractivity contribution < 1.29 is 4.57 Å². The Kier molecular flexibility index (Phi) is 3.55. The summed E-state index contributed by atoms with van der Waals surface area (Å²) in [5, 5.41) is 0. The van der Waals surface area contributed by atoms with Crippen LogP contribution in [0.1, 0.15) is 30.9 Å². The topological polar surface area (TPSA) is 17.1 Å². The molecule has 1 aromatic rings. The van der Waals surface area contributed by atoms with Gasteiger partial charge in [-0.05, 0) is 30.4 Å². The molecule has 0 fully saturated rings. The molecule has 0 heterocycles. The van der Waals surface area contributed by atoms with E-state index in [4.69, 9.17) is 0 Å². The Morgan fingerprint density at radius 3 is 2.43 bits per heavy atom. The van der Waals surface area contributed by atoms with Crippen LogP contribution >= 0.6 is 7.14 Å². The van der Waals surface area contributed by atoms with Crippen LogP contribution in [0.3, 0.4) is 0 Å². The van der Waals surface area contributed by atoms with Gasteiger partial charge in [-0.3, -0.25) is 0 Å². The number of rotatable bonds is 3. The second kappa shape index (κ2) is 4.31. The van der Waals surface area contributed by atoms with Crippen molar-refractivity contribution >= 4 is 7.14 Å². The minimum atomic E-state index is -1.94. The van der Waals surface area contributed by atoms with E-state index in [2.05, 4.69) is 38.1 Å². The molecule has 0 aliphatic heterocycles. The predicted molar refractivity (Wildman–Crippen MR) is 63.7 cm³/mol. The molecule has 1 aromatic carbocycles. The van der Waals surface area contributed by atoms with E-state index in [1.165, 1.54) is 11.1 Å². The van der Waals surface area contributed by atoms with Gasteiger partial charge in [-0.1, -0.05) is 38.1 Å². The van der Waals surface area contributed by atoms with Gasteiger partial charge in [0.2, 0.25) is 0 Å². The molecule has 0 spiro atoms. The SMILES string of the molecule is CC(C)c1cccc(CP(C)(C)=O)c1. The van der Waals surface area contributed by atoms with E-state index in [0.29, 0.717) is 12.1 Å². The molecule has 0 atom stereocenters. The highest BCUT2D eigenvalue weighted by atomic mass is 31.2. The van der Waals surface area contributed by atoms with E-state index in [9.17, 15) is 4.57 Å². The minimum Gasteiger partial charge on any atom is -0.324 e. The molecule has 0 aromatic heterocycles. The van der Waals surface area contributed by atoms with Gasteiger partial charge < -0.3 is 4.57 Å². The smallest absolute Gasteiger partial charge is 0.0861 e. The lowest BCUT2D eigenvalue weighted by molar-refractivity contribution is 0.582. The Labute approximate surface area is 86.9 Å². The summed E-state index contributed by atoms with van der Waals surface area (Å²) in [6.45, 7) is 8.04. The first-order valence-electron chi connectivity index (χ1n) is 5.01. The highest BCUT2D eigenvalue weighted by Gasteiger charge is 2.09. The van der Waals surface area contributed by atoms with Gasteiger partial charge in [-0.15, -0.1) is 0 Å². The fraction of sp³-hybridized carbons (Fsp3) is 0.500. The fourth-order valence-electron chi connectivity index (χ4n) is 1.49. The van der Waals surface area contributed by atoms with Crippen molar-refractivity contribution in [3.8, 4) is 0 Å². The molecule has 2 heteroatoms. The lowest BCUT2D eigenvalue weighted by atomic mass is 10.0. The van der Waals surface area contributed by atoms with Crippen LogP contribution in [0.25, 0.3) is 0 Å². The lowest BCUT2D eigenvalue weighted by Crippen LogP contribution is -1.91. The quantitative estimate of drug-likeness (QED) is 0.691. The third-order valence-corrected chi connectivity index (χ3v) is 3.31. The monoisotopic (exact) mass is 210 g/mol. The number of hydrogen-bond acceptors (Lipinski definition) is 1. The zero-order valence-corrected chi connectivity index (χ0v) is 10.3. The van der Waals surface area contributed by atoms with Gasteiger partial charge in [0, 0.05) is 6.16 Å². The maximum atomic E-state index is 11.7. The zero-order valence-electron chi connectivity index (χ0n) is 9.45. The van der Waals surface area contributed by atoms with Crippen LogP contribution in [0, 0.1) is 0 Å². The molecule has 78 valence electrons. The summed E-state index contributed by atoms with van der Waals surface area (Å²) >= 11 is 0. The van der Waals surface area contributed by atoms with Crippen LogP contribution in [-0.4, -0.2) is 13.3 Å². The first-order chi connectivity index (χ1) is 6.38. The van der Waals surface area contributed by atoms with E-state index in [1.807, 2.05) is 13.3 Å². The third-order valence-electron chi connectivity index (χ3n) is 2.18. The molecular weight excluding hydrogens is 191 g/mol. The van der Waals surface area contributed by atoms with Crippen molar-refractivity contribution in [3.05, 3.63) is 35.4 Å². The molecule has 0 radical (unpaired) electrons. The highest BCUT2D eigenvalue weighted by molar-refractivity contribution is 7.61. The van der Waals surface area contributed by atoms with Crippen molar-refractivity contribution in [2.75, 3.05) is 13.3 Å². The van der Waals surface area contributed by atoms with Gasteiger partial charge >= 0.3 is 0 Å².